The summed E-state index contributed by atoms with van der Waals surface area (Å²) in [4.78, 5) is 23.6. The van der Waals surface area contributed by atoms with E-state index in [0.29, 0.717) is 26.9 Å². The number of ether oxygens (including phenoxy) is 1. The van der Waals surface area contributed by atoms with E-state index < -0.39 is 23.6 Å². The molecule has 0 heterocycles. The van der Waals surface area contributed by atoms with Crippen molar-refractivity contribution < 1.29 is 28.2 Å². The van der Waals surface area contributed by atoms with E-state index in [1.165, 1.54) is 25.3 Å². The quantitative estimate of drug-likeness (QED) is 0.461. The maximum atomic E-state index is 13.6. The minimum atomic E-state index is -1.08. The van der Waals surface area contributed by atoms with Crippen LogP contribution in [0.5, 0.6) is 0 Å². The van der Waals surface area contributed by atoms with Gasteiger partial charge in [-0.2, -0.15) is 0 Å². The van der Waals surface area contributed by atoms with Crippen LogP contribution >= 0.6 is 15.9 Å². The van der Waals surface area contributed by atoms with Gasteiger partial charge in [-0.3, -0.25) is 0 Å². The number of nitrogens with one attached hydrogen (secondary N) is 1. The third kappa shape index (κ3) is 4.65. The first-order chi connectivity index (χ1) is 14.3. The molecule has 0 radical (unpaired) electrons. The van der Waals surface area contributed by atoms with E-state index in [2.05, 4.69) is 21.2 Å². The molecule has 3 rings (SSSR count). The first kappa shape index (κ1) is 21.4. The smallest absolute Gasteiger partial charge is 0.339 e. The number of aromatic carboxylic acids is 1. The summed E-state index contributed by atoms with van der Waals surface area (Å²) in [5.74, 6) is -3.62. The molecule has 0 bridgehead atoms. The molecule has 0 saturated carbocycles. The van der Waals surface area contributed by atoms with Crippen molar-refractivity contribution >= 4 is 33.6 Å². The molecular formula is C22H16BrF2NO4. The lowest BCUT2D eigenvalue weighted by atomic mass is 10.0. The SMILES string of the molecule is COC(=O)c1ccc(-c2ccc(F)c(F)c2)cc1NCc1cc(Br)ccc1C(=O)O. The molecule has 0 unspecified atom stereocenters. The summed E-state index contributed by atoms with van der Waals surface area (Å²) in [6.45, 7) is 0.103. The van der Waals surface area contributed by atoms with Crippen molar-refractivity contribution in [2.75, 3.05) is 12.4 Å². The van der Waals surface area contributed by atoms with Gasteiger partial charge in [-0.05, 0) is 59.2 Å². The van der Waals surface area contributed by atoms with Crippen molar-refractivity contribution in [2.45, 2.75) is 6.54 Å². The molecular weight excluding hydrogens is 460 g/mol. The average Bonchev–Trinajstić information content (AvgIpc) is 2.73. The van der Waals surface area contributed by atoms with Crippen LogP contribution in [0, 0.1) is 11.6 Å². The van der Waals surface area contributed by atoms with Gasteiger partial charge in [-0.1, -0.05) is 28.1 Å². The molecule has 8 heteroatoms. The molecule has 0 aromatic heterocycles. The van der Waals surface area contributed by atoms with Crippen LogP contribution in [0.1, 0.15) is 26.3 Å². The minimum absolute atomic E-state index is 0.103. The van der Waals surface area contributed by atoms with Gasteiger partial charge in [0.2, 0.25) is 0 Å². The summed E-state index contributed by atoms with van der Waals surface area (Å²) in [6, 6.07) is 12.9. The molecule has 30 heavy (non-hydrogen) atoms. The molecule has 0 fully saturated rings. The second-order valence-corrected chi connectivity index (χ2v) is 7.26. The van der Waals surface area contributed by atoms with E-state index >= 15 is 0 Å². The molecule has 154 valence electrons. The molecule has 5 nitrogen and oxygen atoms in total. The Hall–Kier alpha value is -3.26. The van der Waals surface area contributed by atoms with Gasteiger partial charge >= 0.3 is 11.9 Å². The highest BCUT2D eigenvalue weighted by Crippen LogP contribution is 2.28. The molecule has 0 aliphatic rings. The fraction of sp³-hybridized carbons (Fsp3) is 0.0909. The van der Waals surface area contributed by atoms with Gasteiger partial charge in [0.05, 0.1) is 18.2 Å². The number of carbonyl (C=O) groups is 2. The molecule has 0 amide bonds. The van der Waals surface area contributed by atoms with Gasteiger partial charge in [0.1, 0.15) is 0 Å². The topological polar surface area (TPSA) is 75.6 Å². The lowest BCUT2D eigenvalue weighted by Gasteiger charge is -2.14. The van der Waals surface area contributed by atoms with Crippen LogP contribution in [0.2, 0.25) is 0 Å². The summed E-state index contributed by atoms with van der Waals surface area (Å²) in [6.07, 6.45) is 0. The van der Waals surface area contributed by atoms with Crippen LogP contribution in [0.25, 0.3) is 11.1 Å². The third-order valence-corrected chi connectivity index (χ3v) is 4.94. The summed E-state index contributed by atoms with van der Waals surface area (Å²) in [5.41, 5.74) is 2.14. The number of halogens is 3. The highest BCUT2D eigenvalue weighted by molar-refractivity contribution is 9.10. The summed E-state index contributed by atoms with van der Waals surface area (Å²) >= 11 is 3.31. The van der Waals surface area contributed by atoms with Crippen molar-refractivity contribution in [1.29, 1.82) is 0 Å². The van der Waals surface area contributed by atoms with E-state index in [9.17, 15) is 23.5 Å². The van der Waals surface area contributed by atoms with E-state index in [1.54, 1.807) is 24.3 Å². The van der Waals surface area contributed by atoms with Crippen LogP contribution in [0.15, 0.2) is 59.1 Å². The number of anilines is 1. The van der Waals surface area contributed by atoms with E-state index in [4.69, 9.17) is 4.74 Å². The number of carboxylic acid groups (broad SMARTS) is 1. The summed E-state index contributed by atoms with van der Waals surface area (Å²) < 4.78 is 32.4. The minimum Gasteiger partial charge on any atom is -0.478 e. The average molecular weight is 476 g/mol. The predicted molar refractivity (Wildman–Crippen MR) is 112 cm³/mol. The van der Waals surface area contributed by atoms with E-state index in [1.807, 2.05) is 0 Å². The Morgan fingerprint density at radius 1 is 0.967 bits per heavy atom. The number of benzene rings is 3. The van der Waals surface area contributed by atoms with Crippen LogP contribution in [0.4, 0.5) is 14.5 Å². The Bertz CT molecular complexity index is 1130. The number of hydrogen-bond donors (Lipinski definition) is 2. The maximum absolute atomic E-state index is 13.6. The monoisotopic (exact) mass is 475 g/mol. The number of hydrogen-bond acceptors (Lipinski definition) is 4. The molecule has 3 aromatic carbocycles. The first-order valence-corrected chi connectivity index (χ1v) is 9.53. The number of carbonyl (C=O) groups excluding carboxylic acids is 1. The number of carboxylic acids is 1. The van der Waals surface area contributed by atoms with Crippen molar-refractivity contribution in [2.24, 2.45) is 0 Å². The maximum Gasteiger partial charge on any atom is 0.339 e. The van der Waals surface area contributed by atoms with Crippen LogP contribution < -0.4 is 5.32 Å². The number of esters is 1. The van der Waals surface area contributed by atoms with Gasteiger partial charge < -0.3 is 15.2 Å². The molecule has 3 aromatic rings. The zero-order valence-corrected chi connectivity index (χ0v) is 17.3. The standard InChI is InChI=1S/C22H16BrF2NO4/c1-30-22(29)17-5-2-13(12-3-7-18(24)19(25)9-12)10-20(17)26-11-14-8-15(23)4-6-16(14)21(27)28/h2-10,26H,11H2,1H3,(H,27,28). The Labute approximate surface area is 179 Å². The molecule has 0 aliphatic heterocycles. The van der Waals surface area contributed by atoms with Crippen molar-refractivity contribution in [3.8, 4) is 11.1 Å². The Morgan fingerprint density at radius 3 is 2.30 bits per heavy atom. The van der Waals surface area contributed by atoms with Crippen LogP contribution in [-0.2, 0) is 11.3 Å². The van der Waals surface area contributed by atoms with Gasteiger partial charge in [-0.25, -0.2) is 18.4 Å². The van der Waals surface area contributed by atoms with Gasteiger partial charge in [0, 0.05) is 16.7 Å². The first-order valence-electron chi connectivity index (χ1n) is 8.73. The predicted octanol–water partition coefficient (Wildman–Crippen LogP) is 5.49. The summed E-state index contributed by atoms with van der Waals surface area (Å²) in [5, 5.41) is 12.4. The lowest BCUT2D eigenvalue weighted by Crippen LogP contribution is -2.11. The van der Waals surface area contributed by atoms with Crippen molar-refractivity contribution in [3.05, 3.63) is 87.4 Å². The molecule has 0 aliphatic carbocycles. The zero-order chi connectivity index (χ0) is 21.8. The van der Waals surface area contributed by atoms with Gasteiger partial charge in [-0.15, -0.1) is 0 Å². The molecule has 0 saturated heterocycles. The molecule has 2 N–H and O–H groups in total. The highest BCUT2D eigenvalue weighted by Gasteiger charge is 2.16. The number of methoxy groups -OCH3 is 1. The van der Waals surface area contributed by atoms with Crippen molar-refractivity contribution in [3.63, 3.8) is 0 Å². The van der Waals surface area contributed by atoms with Gasteiger partial charge in [0.25, 0.3) is 0 Å². The molecule has 0 spiro atoms. The molecule has 0 atom stereocenters. The van der Waals surface area contributed by atoms with Crippen LogP contribution in [-0.4, -0.2) is 24.2 Å². The fourth-order valence-corrected chi connectivity index (χ4v) is 3.35. The largest absolute Gasteiger partial charge is 0.478 e. The van der Waals surface area contributed by atoms with E-state index in [-0.39, 0.29) is 17.7 Å². The zero-order valence-electron chi connectivity index (χ0n) is 15.7. The fourth-order valence-electron chi connectivity index (χ4n) is 2.94. The van der Waals surface area contributed by atoms with E-state index in [0.717, 1.165) is 12.1 Å². The normalized spacial score (nSPS) is 10.5. The van der Waals surface area contributed by atoms with Gasteiger partial charge in [0.15, 0.2) is 11.6 Å². The highest BCUT2D eigenvalue weighted by atomic mass is 79.9. The Balaban J connectivity index is 1.99. The lowest BCUT2D eigenvalue weighted by molar-refractivity contribution is 0.0600. The second-order valence-electron chi connectivity index (χ2n) is 6.34. The third-order valence-electron chi connectivity index (χ3n) is 4.44. The Morgan fingerprint density at radius 2 is 1.63 bits per heavy atom. The van der Waals surface area contributed by atoms with Crippen molar-refractivity contribution in [1.82, 2.24) is 0 Å². The second kappa shape index (κ2) is 9.04. The number of rotatable bonds is 6. The Kier molecular flexibility index (Phi) is 6.47. The van der Waals surface area contributed by atoms with Crippen LogP contribution in [0.3, 0.4) is 0 Å². The summed E-state index contributed by atoms with van der Waals surface area (Å²) in [7, 11) is 1.24.